The van der Waals surface area contributed by atoms with E-state index in [1.165, 1.54) is 19.2 Å². The number of carbonyl (C=O) groups excluding carboxylic acids is 1. The number of hydrogen-bond donors (Lipinski definition) is 1. The zero-order valence-electron chi connectivity index (χ0n) is 12.4. The number of amides is 1. The zero-order valence-corrected chi connectivity index (χ0v) is 12.4. The van der Waals surface area contributed by atoms with E-state index >= 15 is 0 Å². The Labute approximate surface area is 130 Å². The third-order valence-electron chi connectivity index (χ3n) is 4.07. The number of hydrogen-bond acceptors (Lipinski definition) is 3. The second kappa shape index (κ2) is 6.10. The molecule has 23 heavy (non-hydrogen) atoms. The van der Waals surface area contributed by atoms with Crippen LogP contribution in [0.1, 0.15) is 25.7 Å². The SMILES string of the molecule is CN(C(=O)CC1(C(=O)O)CCC1)c1cccc(OC(F)(F)F)c1. The lowest BCUT2D eigenvalue weighted by Crippen LogP contribution is -2.43. The molecule has 1 aromatic rings. The first-order valence-corrected chi connectivity index (χ1v) is 6.99. The lowest BCUT2D eigenvalue weighted by molar-refractivity contribution is -0.274. The smallest absolute Gasteiger partial charge is 0.481 e. The second-order valence-corrected chi connectivity index (χ2v) is 5.61. The summed E-state index contributed by atoms with van der Waals surface area (Å²) in [7, 11) is 1.39. The van der Waals surface area contributed by atoms with Crippen LogP contribution in [0.25, 0.3) is 0 Å². The van der Waals surface area contributed by atoms with Gasteiger partial charge < -0.3 is 14.7 Å². The summed E-state index contributed by atoms with van der Waals surface area (Å²) in [6.45, 7) is 0. The van der Waals surface area contributed by atoms with Gasteiger partial charge in [0.1, 0.15) is 5.75 Å². The Bertz CT molecular complexity index is 611. The molecule has 0 unspecified atom stereocenters. The summed E-state index contributed by atoms with van der Waals surface area (Å²) in [5.74, 6) is -1.91. The predicted molar refractivity (Wildman–Crippen MR) is 75.1 cm³/mol. The number of carboxylic acids is 1. The maximum absolute atomic E-state index is 12.3. The van der Waals surface area contributed by atoms with E-state index in [2.05, 4.69) is 4.74 Å². The molecule has 0 saturated heterocycles. The van der Waals surface area contributed by atoms with Gasteiger partial charge in [-0.15, -0.1) is 13.2 Å². The van der Waals surface area contributed by atoms with Gasteiger partial charge in [0.25, 0.3) is 0 Å². The monoisotopic (exact) mass is 331 g/mol. The molecule has 0 radical (unpaired) electrons. The number of halogens is 3. The van der Waals surface area contributed by atoms with E-state index < -0.39 is 29.4 Å². The molecule has 0 aliphatic heterocycles. The highest BCUT2D eigenvalue weighted by Crippen LogP contribution is 2.44. The van der Waals surface area contributed by atoms with E-state index in [4.69, 9.17) is 0 Å². The molecule has 8 heteroatoms. The molecule has 1 saturated carbocycles. The van der Waals surface area contributed by atoms with Gasteiger partial charge >= 0.3 is 12.3 Å². The van der Waals surface area contributed by atoms with Crippen molar-refractivity contribution in [1.82, 2.24) is 0 Å². The van der Waals surface area contributed by atoms with Gasteiger partial charge in [-0.3, -0.25) is 9.59 Å². The highest BCUT2D eigenvalue weighted by molar-refractivity contribution is 5.96. The summed E-state index contributed by atoms with van der Waals surface area (Å²) in [5, 5.41) is 9.24. The van der Waals surface area contributed by atoms with Crippen LogP contribution in [0, 0.1) is 5.41 Å². The lowest BCUT2D eigenvalue weighted by atomic mass is 9.66. The van der Waals surface area contributed by atoms with Crippen LogP contribution in [0.2, 0.25) is 0 Å². The average molecular weight is 331 g/mol. The minimum absolute atomic E-state index is 0.177. The van der Waals surface area contributed by atoms with E-state index in [-0.39, 0.29) is 12.1 Å². The standard InChI is InChI=1S/C15H16F3NO4/c1-19(12(20)9-14(13(21)22)6-3-7-14)10-4-2-5-11(8-10)23-15(16,17)18/h2,4-5,8H,3,6-7,9H2,1H3,(H,21,22). The van der Waals surface area contributed by atoms with Crippen LogP contribution in [-0.2, 0) is 9.59 Å². The number of benzene rings is 1. The second-order valence-electron chi connectivity index (χ2n) is 5.61. The summed E-state index contributed by atoms with van der Waals surface area (Å²) in [5.41, 5.74) is -0.845. The molecule has 1 fully saturated rings. The fourth-order valence-electron chi connectivity index (χ4n) is 2.51. The Balaban J connectivity index is 2.10. The molecule has 126 valence electrons. The number of nitrogens with zero attached hydrogens (tertiary/aromatic N) is 1. The van der Waals surface area contributed by atoms with Crippen molar-refractivity contribution in [3.05, 3.63) is 24.3 Å². The third-order valence-corrected chi connectivity index (χ3v) is 4.07. The molecule has 0 spiro atoms. The molecule has 0 heterocycles. The average Bonchev–Trinajstić information content (AvgIpc) is 2.39. The Morgan fingerprint density at radius 1 is 1.35 bits per heavy atom. The van der Waals surface area contributed by atoms with Crippen molar-refractivity contribution in [3.8, 4) is 5.75 Å². The maximum Gasteiger partial charge on any atom is 0.573 e. The first-order valence-electron chi connectivity index (χ1n) is 6.99. The number of aliphatic carboxylic acids is 1. The Morgan fingerprint density at radius 3 is 2.48 bits per heavy atom. The van der Waals surface area contributed by atoms with Crippen molar-refractivity contribution in [3.63, 3.8) is 0 Å². The topological polar surface area (TPSA) is 66.8 Å². The van der Waals surface area contributed by atoms with E-state index in [1.807, 2.05) is 0 Å². The van der Waals surface area contributed by atoms with Crippen LogP contribution in [-0.4, -0.2) is 30.4 Å². The molecule has 0 atom stereocenters. The number of ether oxygens (including phenoxy) is 1. The maximum atomic E-state index is 12.3. The summed E-state index contributed by atoms with van der Waals surface area (Å²) in [6.07, 6.45) is -3.39. The largest absolute Gasteiger partial charge is 0.573 e. The van der Waals surface area contributed by atoms with E-state index in [0.717, 1.165) is 23.5 Å². The Morgan fingerprint density at radius 2 is 2.00 bits per heavy atom. The lowest BCUT2D eigenvalue weighted by Gasteiger charge is -2.38. The fraction of sp³-hybridized carbons (Fsp3) is 0.467. The van der Waals surface area contributed by atoms with Gasteiger partial charge in [0, 0.05) is 25.2 Å². The minimum atomic E-state index is -4.82. The van der Waals surface area contributed by atoms with Crippen LogP contribution in [0.3, 0.4) is 0 Å². The molecule has 5 nitrogen and oxygen atoms in total. The molecular weight excluding hydrogens is 315 g/mol. The molecule has 1 amide bonds. The third kappa shape index (κ3) is 3.94. The van der Waals surface area contributed by atoms with E-state index in [9.17, 15) is 27.9 Å². The van der Waals surface area contributed by atoms with Gasteiger partial charge in [-0.1, -0.05) is 12.5 Å². The molecule has 1 aliphatic carbocycles. The molecule has 0 aromatic heterocycles. The summed E-state index contributed by atoms with van der Waals surface area (Å²) in [6, 6.07) is 4.99. The highest BCUT2D eigenvalue weighted by Gasteiger charge is 2.46. The normalized spacial score (nSPS) is 16.3. The van der Waals surface area contributed by atoms with Crippen molar-refractivity contribution in [2.24, 2.45) is 5.41 Å². The Kier molecular flexibility index (Phi) is 4.53. The zero-order chi connectivity index (χ0) is 17.3. The summed E-state index contributed by atoms with van der Waals surface area (Å²) in [4.78, 5) is 24.7. The molecule has 1 N–H and O–H groups in total. The molecule has 1 aromatic carbocycles. The van der Waals surface area contributed by atoms with E-state index in [1.54, 1.807) is 0 Å². The number of anilines is 1. The minimum Gasteiger partial charge on any atom is -0.481 e. The first kappa shape index (κ1) is 17.1. The van der Waals surface area contributed by atoms with Crippen LogP contribution in [0.15, 0.2) is 24.3 Å². The van der Waals surface area contributed by atoms with Gasteiger partial charge in [0.05, 0.1) is 5.41 Å². The Hall–Kier alpha value is -2.25. The van der Waals surface area contributed by atoms with Crippen LogP contribution < -0.4 is 9.64 Å². The van der Waals surface area contributed by atoms with Crippen LogP contribution in [0.5, 0.6) is 5.75 Å². The number of carbonyl (C=O) groups is 2. The van der Waals surface area contributed by atoms with Gasteiger partial charge in [0.15, 0.2) is 0 Å². The van der Waals surface area contributed by atoms with Gasteiger partial charge in [0.2, 0.25) is 5.91 Å². The number of carboxylic acid groups (broad SMARTS) is 1. The van der Waals surface area contributed by atoms with Crippen molar-refractivity contribution in [2.75, 3.05) is 11.9 Å². The molecular formula is C15H16F3NO4. The van der Waals surface area contributed by atoms with Crippen molar-refractivity contribution >= 4 is 17.6 Å². The van der Waals surface area contributed by atoms with Gasteiger partial charge in [-0.2, -0.15) is 0 Å². The van der Waals surface area contributed by atoms with Crippen molar-refractivity contribution in [1.29, 1.82) is 0 Å². The van der Waals surface area contributed by atoms with Crippen molar-refractivity contribution in [2.45, 2.75) is 32.0 Å². The van der Waals surface area contributed by atoms with Gasteiger partial charge in [-0.05, 0) is 25.0 Å². The van der Waals surface area contributed by atoms with Crippen LogP contribution >= 0.6 is 0 Å². The highest BCUT2D eigenvalue weighted by atomic mass is 19.4. The van der Waals surface area contributed by atoms with Crippen LogP contribution in [0.4, 0.5) is 18.9 Å². The first-order chi connectivity index (χ1) is 10.6. The molecule has 2 rings (SSSR count). The molecule has 1 aliphatic rings. The summed E-state index contributed by atoms with van der Waals surface area (Å²) >= 11 is 0. The van der Waals surface area contributed by atoms with E-state index in [0.29, 0.717) is 12.8 Å². The molecule has 0 bridgehead atoms. The number of rotatable bonds is 5. The quantitative estimate of drug-likeness (QED) is 0.900. The fourth-order valence-corrected chi connectivity index (χ4v) is 2.51. The summed E-state index contributed by atoms with van der Waals surface area (Å²) < 4.78 is 40.5. The van der Waals surface area contributed by atoms with Crippen molar-refractivity contribution < 1.29 is 32.6 Å². The predicted octanol–water partition coefficient (Wildman–Crippen LogP) is 3.19. The number of alkyl halides is 3. The van der Waals surface area contributed by atoms with Gasteiger partial charge in [-0.25, -0.2) is 0 Å².